The Bertz CT molecular complexity index is 1480. The second kappa shape index (κ2) is 8.59. The van der Waals surface area contributed by atoms with Gasteiger partial charge in [-0.05, 0) is 50.1 Å². The van der Waals surface area contributed by atoms with E-state index in [1.165, 1.54) is 0 Å². The number of aliphatic carboxylic acids is 1. The lowest BCUT2D eigenvalue weighted by Gasteiger charge is -2.15. The molecule has 0 saturated heterocycles. The van der Waals surface area contributed by atoms with Crippen LogP contribution in [0.15, 0.2) is 71.6 Å². The van der Waals surface area contributed by atoms with Crippen molar-refractivity contribution in [3.8, 4) is 22.3 Å². The Morgan fingerprint density at radius 1 is 1.09 bits per heavy atom. The molecule has 5 aromatic rings. The van der Waals surface area contributed by atoms with E-state index in [0.717, 1.165) is 56.0 Å². The van der Waals surface area contributed by atoms with Crippen molar-refractivity contribution >= 4 is 17.0 Å². The van der Waals surface area contributed by atoms with Crippen LogP contribution in [0.3, 0.4) is 0 Å². The molecular weight excluding hydrogens is 428 g/mol. The van der Waals surface area contributed by atoms with Crippen molar-refractivity contribution < 1.29 is 14.4 Å². The van der Waals surface area contributed by atoms with Gasteiger partial charge in [-0.2, -0.15) is 0 Å². The summed E-state index contributed by atoms with van der Waals surface area (Å²) in [4.78, 5) is 20.7. The van der Waals surface area contributed by atoms with Crippen molar-refractivity contribution in [1.82, 2.24) is 19.7 Å². The quantitative estimate of drug-likeness (QED) is 0.360. The van der Waals surface area contributed by atoms with Crippen LogP contribution in [0.1, 0.15) is 35.7 Å². The van der Waals surface area contributed by atoms with Crippen LogP contribution in [-0.2, 0) is 11.2 Å². The van der Waals surface area contributed by atoms with Gasteiger partial charge in [0.05, 0.1) is 34.9 Å². The maximum atomic E-state index is 11.2. The molecule has 0 amide bonds. The molecule has 0 aliphatic carbocycles. The van der Waals surface area contributed by atoms with Crippen LogP contribution >= 0.6 is 0 Å². The highest BCUT2D eigenvalue weighted by Gasteiger charge is 2.20. The van der Waals surface area contributed by atoms with E-state index in [1.54, 1.807) is 6.20 Å². The van der Waals surface area contributed by atoms with E-state index in [4.69, 9.17) is 9.51 Å². The van der Waals surface area contributed by atoms with Gasteiger partial charge in [-0.15, -0.1) is 0 Å². The molecule has 0 aliphatic heterocycles. The molecule has 1 atom stereocenters. The average Bonchev–Trinajstić information content (AvgIpc) is 3.38. The summed E-state index contributed by atoms with van der Waals surface area (Å²) in [6.45, 7) is 5.93. The molecule has 4 heterocycles. The number of pyridine rings is 2. The standard InChI is InChI=1S/C27H24N4O3/c1-16-26(18(3)34-30-16)21-13-24-27(29-14-21)22(20-8-6-7-19(11-20)12-25(32)33)15-31(24)17(2)23-9-4-5-10-28-23/h4-11,13-15,17H,12H2,1-3H3,(H,32,33)/t17-/m0/s1. The normalized spacial score (nSPS) is 12.2. The monoisotopic (exact) mass is 452 g/mol. The zero-order valence-corrected chi connectivity index (χ0v) is 19.2. The van der Waals surface area contributed by atoms with Gasteiger partial charge < -0.3 is 14.2 Å². The summed E-state index contributed by atoms with van der Waals surface area (Å²) >= 11 is 0. The summed E-state index contributed by atoms with van der Waals surface area (Å²) in [5.74, 6) is -0.110. The first-order chi connectivity index (χ1) is 16.4. The minimum absolute atomic E-state index is 0.0273. The minimum Gasteiger partial charge on any atom is -0.481 e. The van der Waals surface area contributed by atoms with Crippen molar-refractivity contribution in [2.75, 3.05) is 0 Å². The second-order valence-electron chi connectivity index (χ2n) is 8.44. The SMILES string of the molecule is Cc1noc(C)c1-c1cnc2c(-c3cccc(CC(=O)O)c3)cn([C@@H](C)c3ccccn3)c2c1. The summed E-state index contributed by atoms with van der Waals surface area (Å²) in [5, 5.41) is 13.3. The van der Waals surface area contributed by atoms with Gasteiger partial charge >= 0.3 is 5.97 Å². The van der Waals surface area contributed by atoms with Gasteiger partial charge in [0.15, 0.2) is 0 Å². The van der Waals surface area contributed by atoms with E-state index >= 15 is 0 Å². The molecule has 5 rings (SSSR count). The number of hydrogen-bond donors (Lipinski definition) is 1. The number of carboxylic acid groups (broad SMARTS) is 1. The lowest BCUT2D eigenvalue weighted by molar-refractivity contribution is -0.136. The van der Waals surface area contributed by atoms with Crippen LogP contribution in [0.4, 0.5) is 0 Å². The third kappa shape index (κ3) is 3.85. The molecule has 0 saturated carbocycles. The van der Waals surface area contributed by atoms with Gasteiger partial charge in [-0.1, -0.05) is 35.5 Å². The molecule has 4 aromatic heterocycles. The molecular formula is C27H24N4O3. The van der Waals surface area contributed by atoms with E-state index in [-0.39, 0.29) is 12.5 Å². The Kier molecular flexibility index (Phi) is 5.45. The molecule has 1 aromatic carbocycles. The van der Waals surface area contributed by atoms with Crippen molar-refractivity contribution in [1.29, 1.82) is 0 Å². The Balaban J connectivity index is 1.72. The van der Waals surface area contributed by atoms with Gasteiger partial charge in [-0.25, -0.2) is 0 Å². The van der Waals surface area contributed by atoms with Crippen molar-refractivity contribution in [2.45, 2.75) is 33.2 Å². The van der Waals surface area contributed by atoms with Gasteiger partial charge in [0.25, 0.3) is 0 Å². The number of fused-ring (bicyclic) bond motifs is 1. The Labute approximate surface area is 196 Å². The first kappa shape index (κ1) is 21.6. The third-order valence-electron chi connectivity index (χ3n) is 6.12. The number of nitrogens with zero attached hydrogens (tertiary/aromatic N) is 4. The molecule has 34 heavy (non-hydrogen) atoms. The lowest BCUT2D eigenvalue weighted by atomic mass is 10.0. The maximum Gasteiger partial charge on any atom is 0.307 e. The Hall–Kier alpha value is -4.26. The molecule has 7 nitrogen and oxygen atoms in total. The van der Waals surface area contributed by atoms with Gasteiger partial charge in [0.2, 0.25) is 0 Å². The number of hydrogen-bond acceptors (Lipinski definition) is 5. The van der Waals surface area contributed by atoms with Gasteiger partial charge in [0, 0.05) is 35.3 Å². The van der Waals surface area contributed by atoms with Gasteiger partial charge in [0.1, 0.15) is 5.76 Å². The molecule has 0 spiro atoms. The zero-order chi connectivity index (χ0) is 23.8. The van der Waals surface area contributed by atoms with Crippen LogP contribution < -0.4 is 0 Å². The third-order valence-corrected chi connectivity index (χ3v) is 6.12. The summed E-state index contributed by atoms with van der Waals surface area (Å²) in [7, 11) is 0. The van der Waals surface area contributed by atoms with Crippen LogP contribution in [0.25, 0.3) is 33.3 Å². The fraction of sp³-hybridized carbons (Fsp3) is 0.185. The minimum atomic E-state index is -0.856. The number of carbonyl (C=O) groups is 1. The topological polar surface area (TPSA) is 94.0 Å². The Morgan fingerprint density at radius 3 is 2.65 bits per heavy atom. The molecule has 0 aliphatic rings. The fourth-order valence-electron chi connectivity index (χ4n) is 4.48. The molecule has 1 N–H and O–H groups in total. The van der Waals surface area contributed by atoms with E-state index in [0.29, 0.717) is 0 Å². The number of aryl methyl sites for hydroxylation is 2. The fourth-order valence-corrected chi connectivity index (χ4v) is 4.48. The summed E-state index contributed by atoms with van der Waals surface area (Å²) in [5.41, 5.74) is 8.03. The van der Waals surface area contributed by atoms with Crippen molar-refractivity contribution in [3.63, 3.8) is 0 Å². The Morgan fingerprint density at radius 2 is 1.94 bits per heavy atom. The van der Waals surface area contributed by atoms with Gasteiger partial charge in [-0.3, -0.25) is 14.8 Å². The zero-order valence-electron chi connectivity index (χ0n) is 19.2. The van der Waals surface area contributed by atoms with E-state index in [1.807, 2.05) is 62.5 Å². The predicted molar refractivity (Wildman–Crippen MR) is 130 cm³/mol. The molecule has 0 fully saturated rings. The predicted octanol–water partition coefficient (Wildman–Crippen LogP) is 5.61. The smallest absolute Gasteiger partial charge is 0.307 e. The largest absolute Gasteiger partial charge is 0.481 e. The summed E-state index contributed by atoms with van der Waals surface area (Å²) in [6, 6.07) is 15.6. The van der Waals surface area contributed by atoms with Crippen molar-refractivity contribution in [2.24, 2.45) is 0 Å². The van der Waals surface area contributed by atoms with Crippen molar-refractivity contribution in [3.05, 3.63) is 89.8 Å². The highest BCUT2D eigenvalue weighted by Crippen LogP contribution is 2.36. The highest BCUT2D eigenvalue weighted by molar-refractivity contribution is 5.95. The van der Waals surface area contributed by atoms with Crippen LogP contribution in [0, 0.1) is 13.8 Å². The maximum absolute atomic E-state index is 11.2. The number of rotatable bonds is 6. The molecule has 0 unspecified atom stereocenters. The average molecular weight is 453 g/mol. The number of aromatic nitrogens is 4. The highest BCUT2D eigenvalue weighted by atomic mass is 16.5. The molecule has 170 valence electrons. The van der Waals surface area contributed by atoms with Crippen LogP contribution in [0.5, 0.6) is 0 Å². The van der Waals surface area contributed by atoms with E-state index in [2.05, 4.69) is 33.9 Å². The first-order valence-electron chi connectivity index (χ1n) is 11.1. The number of carboxylic acids is 1. The second-order valence-corrected chi connectivity index (χ2v) is 8.44. The summed E-state index contributed by atoms with van der Waals surface area (Å²) in [6.07, 6.45) is 5.69. The molecule has 7 heteroatoms. The van der Waals surface area contributed by atoms with E-state index < -0.39 is 5.97 Å². The van der Waals surface area contributed by atoms with Crippen LogP contribution in [0.2, 0.25) is 0 Å². The molecule has 0 radical (unpaired) electrons. The first-order valence-corrected chi connectivity index (χ1v) is 11.1. The molecule has 0 bridgehead atoms. The van der Waals surface area contributed by atoms with Crippen LogP contribution in [-0.4, -0.2) is 30.8 Å². The lowest BCUT2D eigenvalue weighted by Crippen LogP contribution is -2.07. The van der Waals surface area contributed by atoms with E-state index in [9.17, 15) is 9.90 Å². The summed E-state index contributed by atoms with van der Waals surface area (Å²) < 4.78 is 7.56. The number of benzene rings is 1.